The summed E-state index contributed by atoms with van der Waals surface area (Å²) in [6, 6.07) is 0. The molecule has 0 aliphatic rings. The van der Waals surface area contributed by atoms with Crippen LogP contribution in [-0.4, -0.2) is 96.7 Å². The Bertz CT molecular complexity index is 1910. The molecule has 0 bridgehead atoms. The van der Waals surface area contributed by atoms with Crippen molar-refractivity contribution in [2.24, 2.45) is 17.8 Å². The second-order valence-electron chi connectivity index (χ2n) is 29.4. The third-order valence-electron chi connectivity index (χ3n) is 19.1. The SMILES string of the molecule is CCCCCCCCCCCCCCCCCC(=O)OC[C@H](COP(=O)(O)OC[C@@H](O)COP(=O)(O)OC[C@@H](COC(=O)CCCCCCCCCCC(C)CC)OC(=O)CCCCCCCCCCC(C)CC)OC(=O)CCCCCCCCCCCCCCCCCCC(C)C. The fourth-order valence-corrected chi connectivity index (χ4v) is 13.6. The monoisotopic (exact) mass is 1440 g/mol. The maximum atomic E-state index is 13.1. The number of carbonyl (C=O) groups excluding carboxylic acids is 4. The molecule has 0 fully saturated rings. The summed E-state index contributed by atoms with van der Waals surface area (Å²) in [4.78, 5) is 73.0. The van der Waals surface area contributed by atoms with Gasteiger partial charge in [-0.05, 0) is 43.4 Å². The summed E-state index contributed by atoms with van der Waals surface area (Å²) >= 11 is 0. The van der Waals surface area contributed by atoms with Gasteiger partial charge in [-0.1, -0.05) is 357 Å². The maximum absolute atomic E-state index is 13.1. The zero-order chi connectivity index (χ0) is 72.3. The number of ether oxygens (including phenoxy) is 4. The maximum Gasteiger partial charge on any atom is 0.472 e. The second kappa shape index (κ2) is 69.4. The molecule has 0 spiro atoms. The largest absolute Gasteiger partial charge is 0.472 e. The lowest BCUT2D eigenvalue weighted by Gasteiger charge is -2.21. The Hall–Kier alpha value is -1.94. The predicted octanol–water partition coefficient (Wildman–Crippen LogP) is 23.4. The lowest BCUT2D eigenvalue weighted by Crippen LogP contribution is -2.30. The van der Waals surface area contributed by atoms with Crippen LogP contribution in [0, 0.1) is 17.8 Å². The minimum Gasteiger partial charge on any atom is -0.462 e. The molecule has 3 N–H and O–H groups in total. The standard InChI is InChI=1S/C79H154O17P2/c1-8-11-12-13-14-15-16-17-20-24-27-30-39-46-53-60-76(81)89-66-74(95-78(83)62-55-48-41-31-28-25-22-19-18-21-23-26-29-36-43-50-57-70(4)5)68-93-97(85,86)91-64-73(80)65-92-98(87,88)94-69-75(96-79(84)63-56-49-42-35-33-38-45-52-59-72(7)10-3)67-90-77(82)61-54-47-40-34-32-37-44-51-58-71(6)9-2/h70-75,80H,8-69H2,1-7H3,(H,85,86)(H,87,88)/t71?,72?,73-,74-,75-/m1/s1. The highest BCUT2D eigenvalue weighted by Crippen LogP contribution is 2.45. The quantitative estimate of drug-likeness (QED) is 0.0222. The molecule has 0 aromatic carbocycles. The molecular weight excluding hydrogens is 1280 g/mol. The van der Waals surface area contributed by atoms with E-state index in [2.05, 4.69) is 48.5 Å². The zero-order valence-electron chi connectivity index (χ0n) is 64.3. The van der Waals surface area contributed by atoms with E-state index in [1.807, 2.05) is 0 Å². The molecule has 98 heavy (non-hydrogen) atoms. The number of aliphatic hydroxyl groups is 1. The third kappa shape index (κ3) is 69.8. The highest BCUT2D eigenvalue weighted by Gasteiger charge is 2.30. The molecule has 582 valence electrons. The lowest BCUT2D eigenvalue weighted by molar-refractivity contribution is -0.161. The van der Waals surface area contributed by atoms with Crippen molar-refractivity contribution in [1.29, 1.82) is 0 Å². The van der Waals surface area contributed by atoms with Crippen LogP contribution in [0.1, 0.15) is 408 Å². The van der Waals surface area contributed by atoms with Crippen molar-refractivity contribution in [3.8, 4) is 0 Å². The van der Waals surface area contributed by atoms with Gasteiger partial charge in [0.05, 0.1) is 26.4 Å². The van der Waals surface area contributed by atoms with Crippen LogP contribution in [0.2, 0.25) is 0 Å². The van der Waals surface area contributed by atoms with E-state index in [-0.39, 0.29) is 25.7 Å². The van der Waals surface area contributed by atoms with E-state index in [1.165, 1.54) is 218 Å². The molecule has 19 heteroatoms. The molecule has 7 atom stereocenters. The first-order chi connectivity index (χ1) is 47.3. The minimum absolute atomic E-state index is 0.105. The van der Waals surface area contributed by atoms with Crippen molar-refractivity contribution in [3.05, 3.63) is 0 Å². The zero-order valence-corrected chi connectivity index (χ0v) is 66.0. The summed E-state index contributed by atoms with van der Waals surface area (Å²) in [5.74, 6) is 0.242. The normalized spacial score (nSPS) is 14.6. The Morgan fingerprint density at radius 3 is 0.776 bits per heavy atom. The van der Waals surface area contributed by atoms with E-state index >= 15 is 0 Å². The van der Waals surface area contributed by atoms with E-state index in [4.69, 9.17) is 37.0 Å². The van der Waals surface area contributed by atoms with Crippen LogP contribution in [0.3, 0.4) is 0 Å². The van der Waals surface area contributed by atoms with Crippen molar-refractivity contribution >= 4 is 39.5 Å². The molecule has 4 unspecified atom stereocenters. The topological polar surface area (TPSA) is 237 Å². The fraction of sp³-hybridized carbons (Fsp3) is 0.949. The highest BCUT2D eigenvalue weighted by molar-refractivity contribution is 7.47. The molecule has 17 nitrogen and oxygen atoms in total. The minimum atomic E-state index is -4.96. The Morgan fingerprint density at radius 1 is 0.296 bits per heavy atom. The van der Waals surface area contributed by atoms with Crippen molar-refractivity contribution < 1.29 is 80.2 Å². The number of phosphoric ester groups is 2. The van der Waals surface area contributed by atoms with Crippen molar-refractivity contribution in [1.82, 2.24) is 0 Å². The average Bonchev–Trinajstić information content (AvgIpc) is 0.968. The summed E-state index contributed by atoms with van der Waals surface area (Å²) in [5, 5.41) is 10.6. The van der Waals surface area contributed by atoms with Crippen LogP contribution in [0.5, 0.6) is 0 Å². The number of phosphoric acid groups is 2. The number of aliphatic hydroxyl groups excluding tert-OH is 1. The predicted molar refractivity (Wildman–Crippen MR) is 400 cm³/mol. The van der Waals surface area contributed by atoms with Crippen molar-refractivity contribution in [3.63, 3.8) is 0 Å². The van der Waals surface area contributed by atoms with Gasteiger partial charge in [0.25, 0.3) is 0 Å². The molecule has 0 amide bonds. The summed E-state index contributed by atoms with van der Waals surface area (Å²) < 4.78 is 68.7. The van der Waals surface area contributed by atoms with Crippen LogP contribution in [0.25, 0.3) is 0 Å². The molecule has 0 radical (unpaired) electrons. The number of carbonyl (C=O) groups is 4. The van der Waals surface area contributed by atoms with Crippen LogP contribution >= 0.6 is 15.6 Å². The number of hydrogen-bond acceptors (Lipinski definition) is 15. The van der Waals surface area contributed by atoms with Gasteiger partial charge in [0, 0.05) is 25.7 Å². The fourth-order valence-electron chi connectivity index (χ4n) is 12.1. The van der Waals surface area contributed by atoms with E-state index in [1.54, 1.807) is 0 Å². The first-order valence-electron chi connectivity index (χ1n) is 40.9. The smallest absolute Gasteiger partial charge is 0.462 e. The molecule has 0 saturated heterocycles. The van der Waals surface area contributed by atoms with Crippen molar-refractivity contribution in [2.75, 3.05) is 39.6 Å². The summed E-state index contributed by atoms with van der Waals surface area (Å²) in [6.07, 6.45) is 56.7. The molecular formula is C79H154O17P2. The second-order valence-corrected chi connectivity index (χ2v) is 32.3. The Labute approximate surface area is 600 Å². The van der Waals surface area contributed by atoms with Crippen LogP contribution in [-0.2, 0) is 65.4 Å². The lowest BCUT2D eigenvalue weighted by atomic mass is 9.99. The van der Waals surface area contributed by atoms with E-state index in [0.29, 0.717) is 25.7 Å². The number of esters is 4. The number of hydrogen-bond donors (Lipinski definition) is 3. The van der Waals surface area contributed by atoms with Crippen molar-refractivity contribution in [2.45, 2.75) is 426 Å². The average molecular weight is 1440 g/mol. The molecule has 0 aliphatic carbocycles. The van der Waals surface area contributed by atoms with Gasteiger partial charge in [0.2, 0.25) is 0 Å². The Balaban J connectivity index is 5.26. The molecule has 0 aromatic heterocycles. The van der Waals surface area contributed by atoms with Gasteiger partial charge in [-0.2, -0.15) is 0 Å². The highest BCUT2D eigenvalue weighted by atomic mass is 31.2. The van der Waals surface area contributed by atoms with Crippen LogP contribution in [0.4, 0.5) is 0 Å². The number of unbranched alkanes of at least 4 members (excludes halogenated alkanes) is 43. The summed E-state index contributed by atoms with van der Waals surface area (Å²) in [6.45, 7) is 12.0. The van der Waals surface area contributed by atoms with Gasteiger partial charge in [0.15, 0.2) is 12.2 Å². The first kappa shape index (κ1) is 96.1. The first-order valence-corrected chi connectivity index (χ1v) is 43.9. The van der Waals surface area contributed by atoms with Crippen LogP contribution in [0.15, 0.2) is 0 Å². The molecule has 0 aliphatic heterocycles. The Kier molecular flexibility index (Phi) is 68.1. The van der Waals surface area contributed by atoms with Gasteiger partial charge in [-0.15, -0.1) is 0 Å². The van der Waals surface area contributed by atoms with Crippen LogP contribution < -0.4 is 0 Å². The third-order valence-corrected chi connectivity index (χ3v) is 21.0. The van der Waals surface area contributed by atoms with E-state index < -0.39 is 97.5 Å². The van der Waals surface area contributed by atoms with Gasteiger partial charge >= 0.3 is 39.5 Å². The van der Waals surface area contributed by atoms with E-state index in [9.17, 15) is 43.2 Å². The summed E-state index contributed by atoms with van der Waals surface area (Å²) in [7, 11) is -9.92. The molecule has 0 rings (SSSR count). The molecule has 0 heterocycles. The van der Waals surface area contributed by atoms with Gasteiger partial charge in [0.1, 0.15) is 19.3 Å². The number of rotatable bonds is 77. The molecule has 0 saturated carbocycles. The van der Waals surface area contributed by atoms with Gasteiger partial charge in [-0.3, -0.25) is 37.3 Å². The van der Waals surface area contributed by atoms with Gasteiger partial charge in [-0.25, -0.2) is 9.13 Å². The van der Waals surface area contributed by atoms with E-state index in [0.717, 1.165) is 108 Å². The Morgan fingerprint density at radius 2 is 0.520 bits per heavy atom. The molecule has 0 aromatic rings. The summed E-state index contributed by atoms with van der Waals surface area (Å²) in [5.41, 5.74) is 0. The van der Waals surface area contributed by atoms with Gasteiger partial charge < -0.3 is 33.8 Å².